The highest BCUT2D eigenvalue weighted by Crippen LogP contribution is 2.22. The minimum Gasteiger partial charge on any atom is -0.268 e. The van der Waals surface area contributed by atoms with Crippen LogP contribution in [0, 0.1) is 13.8 Å². The molecule has 0 aliphatic heterocycles. The van der Waals surface area contributed by atoms with Crippen LogP contribution in [0.15, 0.2) is 76.4 Å². The number of rotatable bonds is 8. The average molecular weight is 490 g/mol. The van der Waals surface area contributed by atoms with E-state index in [9.17, 15) is 13.2 Å². The van der Waals surface area contributed by atoms with Gasteiger partial charge in [-0.05, 0) is 68.1 Å². The molecule has 0 unspecified atom stereocenters. The molecule has 35 heavy (non-hydrogen) atoms. The molecule has 0 saturated heterocycles. The number of hydrogen-bond donors (Lipinski definition) is 0. The fourth-order valence-electron chi connectivity index (χ4n) is 4.26. The van der Waals surface area contributed by atoms with Gasteiger partial charge in [0.2, 0.25) is 10.0 Å². The van der Waals surface area contributed by atoms with E-state index >= 15 is 0 Å². The van der Waals surface area contributed by atoms with Crippen molar-refractivity contribution in [3.05, 3.63) is 99.6 Å². The van der Waals surface area contributed by atoms with Gasteiger partial charge < -0.3 is 0 Å². The molecule has 0 spiro atoms. The average Bonchev–Trinajstić information content (AvgIpc) is 2.84. The Hall–Kier alpha value is -3.29. The highest BCUT2D eigenvalue weighted by atomic mass is 32.2. The van der Waals surface area contributed by atoms with Crippen LogP contribution in [0.5, 0.6) is 0 Å². The van der Waals surface area contributed by atoms with Gasteiger partial charge in [0.25, 0.3) is 5.56 Å². The second-order valence-corrected chi connectivity index (χ2v) is 11.0. The van der Waals surface area contributed by atoms with Gasteiger partial charge in [0, 0.05) is 7.05 Å². The number of benzene rings is 3. The summed E-state index contributed by atoms with van der Waals surface area (Å²) in [5, 5.41) is 0.490. The summed E-state index contributed by atoms with van der Waals surface area (Å²) in [7, 11) is -2.26. The van der Waals surface area contributed by atoms with Crippen molar-refractivity contribution in [1.82, 2.24) is 13.9 Å². The Morgan fingerprint density at radius 1 is 0.971 bits per heavy atom. The maximum atomic E-state index is 13.6. The van der Waals surface area contributed by atoms with E-state index in [4.69, 9.17) is 4.98 Å². The van der Waals surface area contributed by atoms with Crippen LogP contribution in [0.1, 0.15) is 42.3 Å². The molecule has 0 saturated carbocycles. The molecular weight excluding hydrogens is 458 g/mol. The number of hydrogen-bond acceptors (Lipinski definition) is 4. The molecule has 0 bridgehead atoms. The van der Waals surface area contributed by atoms with Gasteiger partial charge in [-0.2, -0.15) is 4.31 Å². The smallest absolute Gasteiger partial charge is 0.266 e. The third-order valence-electron chi connectivity index (χ3n) is 6.25. The number of aromatic nitrogens is 2. The fourth-order valence-corrected chi connectivity index (χ4v) is 5.39. The van der Waals surface area contributed by atoms with Gasteiger partial charge in [0.15, 0.2) is 0 Å². The van der Waals surface area contributed by atoms with E-state index in [1.54, 1.807) is 30.3 Å². The van der Waals surface area contributed by atoms with Gasteiger partial charge in [0.05, 0.1) is 28.0 Å². The van der Waals surface area contributed by atoms with E-state index in [0.29, 0.717) is 22.4 Å². The van der Waals surface area contributed by atoms with Crippen LogP contribution < -0.4 is 5.56 Å². The van der Waals surface area contributed by atoms with Gasteiger partial charge in [-0.1, -0.05) is 55.3 Å². The van der Waals surface area contributed by atoms with E-state index < -0.39 is 10.0 Å². The van der Waals surface area contributed by atoms with Crippen molar-refractivity contribution in [2.45, 2.75) is 51.5 Å². The fraction of sp³-hybridized carbons (Fsp3) is 0.286. The van der Waals surface area contributed by atoms with Crippen LogP contribution in [0.3, 0.4) is 0 Å². The molecule has 6 nitrogen and oxygen atoms in total. The summed E-state index contributed by atoms with van der Waals surface area (Å²) >= 11 is 0. The molecule has 0 radical (unpaired) electrons. The lowest BCUT2D eigenvalue weighted by Gasteiger charge is -2.21. The van der Waals surface area contributed by atoms with Crippen molar-refractivity contribution in [1.29, 1.82) is 0 Å². The van der Waals surface area contributed by atoms with E-state index in [-0.39, 0.29) is 17.0 Å². The van der Waals surface area contributed by atoms with Gasteiger partial charge in [-0.3, -0.25) is 9.36 Å². The van der Waals surface area contributed by atoms with Crippen LogP contribution >= 0.6 is 0 Å². The Balaban J connectivity index is 1.77. The summed E-state index contributed by atoms with van der Waals surface area (Å²) in [4.78, 5) is 18.5. The Morgan fingerprint density at radius 3 is 2.37 bits per heavy atom. The zero-order chi connectivity index (χ0) is 25.2. The predicted octanol–water partition coefficient (Wildman–Crippen LogP) is 5.17. The van der Waals surface area contributed by atoms with Gasteiger partial charge in [0.1, 0.15) is 5.82 Å². The molecule has 1 aromatic heterocycles. The lowest BCUT2D eigenvalue weighted by molar-refractivity contribution is 0.452. The molecule has 4 rings (SSSR count). The van der Waals surface area contributed by atoms with Crippen LogP contribution in [-0.2, 0) is 23.0 Å². The topological polar surface area (TPSA) is 72.3 Å². The lowest BCUT2D eigenvalue weighted by Crippen LogP contribution is -2.32. The van der Waals surface area contributed by atoms with Crippen molar-refractivity contribution in [3.63, 3.8) is 0 Å². The molecule has 0 aliphatic rings. The predicted molar refractivity (Wildman–Crippen MR) is 141 cm³/mol. The maximum Gasteiger partial charge on any atom is 0.266 e. The maximum absolute atomic E-state index is 13.6. The first-order chi connectivity index (χ1) is 16.7. The molecule has 182 valence electrons. The van der Waals surface area contributed by atoms with E-state index in [2.05, 4.69) is 6.92 Å². The molecule has 0 aliphatic carbocycles. The number of aryl methyl sites for hydroxylation is 3. The standard InChI is InChI=1S/C28H31N3O3S/c1-5-6-9-22-13-15-23(16-14-22)35(33,34)30(4)19-27-29-25-11-8-7-10-24(25)28(32)31(27)26-17-12-20(2)18-21(26)3/h7-8,10-18H,5-6,9,19H2,1-4H3. The lowest BCUT2D eigenvalue weighted by atomic mass is 10.1. The molecule has 3 aromatic carbocycles. The quantitative estimate of drug-likeness (QED) is 0.342. The summed E-state index contributed by atoms with van der Waals surface area (Å²) in [6.45, 7) is 6.01. The first-order valence-corrected chi connectivity index (χ1v) is 13.3. The normalized spacial score (nSPS) is 11.9. The minimum atomic E-state index is -3.78. The monoisotopic (exact) mass is 489 g/mol. The van der Waals surface area contributed by atoms with Gasteiger partial charge in [-0.15, -0.1) is 0 Å². The summed E-state index contributed by atoms with van der Waals surface area (Å²) in [6.07, 6.45) is 3.08. The number of nitrogens with zero attached hydrogens (tertiary/aromatic N) is 3. The van der Waals surface area contributed by atoms with Crippen molar-refractivity contribution in [2.24, 2.45) is 0 Å². The molecule has 0 N–H and O–H groups in total. The zero-order valence-corrected chi connectivity index (χ0v) is 21.5. The van der Waals surface area contributed by atoms with Crippen LogP contribution in [0.2, 0.25) is 0 Å². The molecule has 4 aromatic rings. The van der Waals surface area contributed by atoms with E-state index in [1.165, 1.54) is 15.9 Å². The first kappa shape index (κ1) is 24.8. The Labute approximate surface area is 206 Å². The number of para-hydroxylation sites is 1. The number of unbranched alkanes of at least 4 members (excludes halogenated alkanes) is 1. The van der Waals surface area contributed by atoms with Gasteiger partial charge in [-0.25, -0.2) is 13.4 Å². The summed E-state index contributed by atoms with van der Waals surface area (Å²) in [6, 6.07) is 20.0. The van der Waals surface area contributed by atoms with Crippen molar-refractivity contribution in [2.75, 3.05) is 7.05 Å². The first-order valence-electron chi connectivity index (χ1n) is 11.9. The molecule has 0 atom stereocenters. The zero-order valence-electron chi connectivity index (χ0n) is 20.7. The van der Waals surface area contributed by atoms with E-state index in [1.807, 2.05) is 50.2 Å². The molecular formula is C28H31N3O3S. The molecule has 0 amide bonds. The summed E-state index contributed by atoms with van der Waals surface area (Å²) < 4.78 is 29.6. The highest BCUT2D eigenvalue weighted by Gasteiger charge is 2.24. The number of fused-ring (bicyclic) bond motifs is 1. The highest BCUT2D eigenvalue weighted by molar-refractivity contribution is 7.89. The Kier molecular flexibility index (Phi) is 7.19. The van der Waals surface area contributed by atoms with Crippen molar-refractivity contribution < 1.29 is 8.42 Å². The van der Waals surface area contributed by atoms with Crippen molar-refractivity contribution in [3.8, 4) is 5.69 Å². The van der Waals surface area contributed by atoms with Crippen LogP contribution in [0.25, 0.3) is 16.6 Å². The van der Waals surface area contributed by atoms with Crippen LogP contribution in [-0.4, -0.2) is 29.3 Å². The minimum absolute atomic E-state index is 0.0483. The van der Waals surface area contributed by atoms with Crippen LogP contribution in [0.4, 0.5) is 0 Å². The Bertz CT molecular complexity index is 1520. The summed E-state index contributed by atoms with van der Waals surface area (Å²) in [5.41, 5.74) is 4.13. The third kappa shape index (κ3) is 5.06. The molecule has 0 fully saturated rings. The molecule has 7 heteroatoms. The van der Waals surface area contributed by atoms with Gasteiger partial charge >= 0.3 is 0 Å². The molecule has 1 heterocycles. The number of sulfonamides is 1. The second kappa shape index (κ2) is 10.1. The second-order valence-electron chi connectivity index (χ2n) is 8.98. The van der Waals surface area contributed by atoms with Crippen molar-refractivity contribution >= 4 is 20.9 Å². The largest absolute Gasteiger partial charge is 0.268 e. The summed E-state index contributed by atoms with van der Waals surface area (Å²) in [5.74, 6) is 0.367. The third-order valence-corrected chi connectivity index (χ3v) is 8.07. The van der Waals surface area contributed by atoms with E-state index in [0.717, 1.165) is 36.0 Å². The Morgan fingerprint density at radius 2 is 1.69 bits per heavy atom. The SMILES string of the molecule is CCCCc1ccc(S(=O)(=O)N(C)Cc2nc3ccccc3c(=O)n2-c2ccc(C)cc2C)cc1.